The minimum Gasteiger partial charge on any atom is -0.497 e. The van der Waals surface area contributed by atoms with E-state index in [-0.39, 0.29) is 18.7 Å². The predicted molar refractivity (Wildman–Crippen MR) is 76.1 cm³/mol. The molecule has 0 saturated heterocycles. The molecule has 7 heteroatoms. The molecule has 0 radical (unpaired) electrons. The van der Waals surface area contributed by atoms with Crippen molar-refractivity contribution >= 4 is 23.5 Å². The average molecular weight is 294 g/mol. The molecule has 0 saturated carbocycles. The van der Waals surface area contributed by atoms with E-state index in [1.54, 1.807) is 24.3 Å². The van der Waals surface area contributed by atoms with Gasteiger partial charge in [-0.2, -0.15) is 0 Å². The quantitative estimate of drug-likeness (QED) is 0.696. The monoisotopic (exact) mass is 294 g/mol. The second kappa shape index (κ2) is 7.88. The summed E-state index contributed by atoms with van der Waals surface area (Å²) >= 11 is 0. The standard InChI is InChI=1S/C14H18N2O5/c1-9(14(19)20)15-12(17)6-7-13(18)16-10-4-3-5-11(8-10)21-2/h3-5,8-9H,6-7H2,1-2H3,(H,15,17)(H,16,18)(H,19,20). The molecule has 0 fully saturated rings. The van der Waals surface area contributed by atoms with Gasteiger partial charge in [0, 0.05) is 24.6 Å². The lowest BCUT2D eigenvalue weighted by Crippen LogP contribution is -2.38. The van der Waals surface area contributed by atoms with Crippen molar-refractivity contribution in [2.75, 3.05) is 12.4 Å². The zero-order valence-corrected chi connectivity index (χ0v) is 11.9. The molecule has 0 heterocycles. The Labute approximate surface area is 122 Å². The van der Waals surface area contributed by atoms with Gasteiger partial charge in [-0.05, 0) is 19.1 Å². The van der Waals surface area contributed by atoms with E-state index in [1.165, 1.54) is 14.0 Å². The van der Waals surface area contributed by atoms with Crippen LogP contribution in [0.5, 0.6) is 5.75 Å². The molecule has 1 aromatic rings. The molecule has 0 bridgehead atoms. The summed E-state index contributed by atoms with van der Waals surface area (Å²) in [7, 11) is 1.52. The lowest BCUT2D eigenvalue weighted by molar-refractivity contribution is -0.141. The fourth-order valence-corrected chi connectivity index (χ4v) is 1.53. The number of anilines is 1. The SMILES string of the molecule is COc1cccc(NC(=O)CCC(=O)NC(C)C(=O)O)c1. The number of hydrogen-bond donors (Lipinski definition) is 3. The van der Waals surface area contributed by atoms with Gasteiger partial charge in [-0.15, -0.1) is 0 Å². The maximum absolute atomic E-state index is 11.7. The number of amides is 2. The van der Waals surface area contributed by atoms with Gasteiger partial charge in [-0.1, -0.05) is 6.07 Å². The predicted octanol–water partition coefficient (Wildman–Crippen LogP) is 1.00. The van der Waals surface area contributed by atoms with Gasteiger partial charge in [-0.25, -0.2) is 0 Å². The highest BCUT2D eigenvalue weighted by Gasteiger charge is 2.14. The van der Waals surface area contributed by atoms with E-state index in [4.69, 9.17) is 9.84 Å². The molecule has 1 aromatic carbocycles. The molecule has 0 aliphatic rings. The Hall–Kier alpha value is -2.57. The Balaban J connectivity index is 2.40. The van der Waals surface area contributed by atoms with Crippen LogP contribution in [-0.2, 0) is 14.4 Å². The van der Waals surface area contributed by atoms with Gasteiger partial charge in [0.2, 0.25) is 11.8 Å². The fraction of sp³-hybridized carbons (Fsp3) is 0.357. The first-order valence-corrected chi connectivity index (χ1v) is 6.38. The Morgan fingerprint density at radius 3 is 2.52 bits per heavy atom. The van der Waals surface area contributed by atoms with Crippen LogP contribution in [0.25, 0.3) is 0 Å². The molecular formula is C14H18N2O5. The summed E-state index contributed by atoms with van der Waals surface area (Å²) in [6, 6.07) is 5.86. The maximum Gasteiger partial charge on any atom is 0.325 e. The van der Waals surface area contributed by atoms with Crippen LogP contribution in [0.15, 0.2) is 24.3 Å². The van der Waals surface area contributed by atoms with Gasteiger partial charge in [0.25, 0.3) is 0 Å². The van der Waals surface area contributed by atoms with Crippen LogP contribution in [0.2, 0.25) is 0 Å². The zero-order valence-electron chi connectivity index (χ0n) is 11.9. The number of carboxylic acids is 1. The van der Waals surface area contributed by atoms with Crippen LogP contribution in [0.1, 0.15) is 19.8 Å². The van der Waals surface area contributed by atoms with Crippen molar-refractivity contribution in [3.63, 3.8) is 0 Å². The largest absolute Gasteiger partial charge is 0.497 e. The highest BCUT2D eigenvalue weighted by Crippen LogP contribution is 2.16. The van der Waals surface area contributed by atoms with Crippen LogP contribution >= 0.6 is 0 Å². The third kappa shape index (κ3) is 5.94. The van der Waals surface area contributed by atoms with Crippen LogP contribution in [-0.4, -0.2) is 36.0 Å². The first-order valence-electron chi connectivity index (χ1n) is 6.38. The number of benzene rings is 1. The molecule has 1 atom stereocenters. The summed E-state index contributed by atoms with van der Waals surface area (Å²) in [5.41, 5.74) is 0.568. The molecule has 3 N–H and O–H groups in total. The van der Waals surface area contributed by atoms with E-state index in [0.717, 1.165) is 0 Å². The summed E-state index contributed by atoms with van der Waals surface area (Å²) in [6.45, 7) is 1.36. The van der Waals surface area contributed by atoms with Crippen molar-refractivity contribution in [1.82, 2.24) is 5.32 Å². The molecular weight excluding hydrogens is 276 g/mol. The summed E-state index contributed by atoms with van der Waals surface area (Å²) < 4.78 is 5.03. The maximum atomic E-state index is 11.7. The van der Waals surface area contributed by atoms with Gasteiger partial charge in [-0.3, -0.25) is 14.4 Å². The summed E-state index contributed by atoms with van der Waals surface area (Å²) in [4.78, 5) is 33.7. The molecule has 114 valence electrons. The molecule has 0 aromatic heterocycles. The number of carbonyl (C=O) groups excluding carboxylic acids is 2. The van der Waals surface area contributed by atoms with Crippen molar-refractivity contribution in [3.05, 3.63) is 24.3 Å². The van der Waals surface area contributed by atoms with Crippen LogP contribution < -0.4 is 15.4 Å². The highest BCUT2D eigenvalue weighted by atomic mass is 16.5. The van der Waals surface area contributed by atoms with Crippen molar-refractivity contribution in [1.29, 1.82) is 0 Å². The van der Waals surface area contributed by atoms with Crippen molar-refractivity contribution in [2.45, 2.75) is 25.8 Å². The number of rotatable bonds is 7. The second-order valence-corrected chi connectivity index (χ2v) is 4.41. The number of ether oxygens (including phenoxy) is 1. The molecule has 7 nitrogen and oxygen atoms in total. The Bertz CT molecular complexity index is 530. The molecule has 0 aliphatic heterocycles. The molecule has 2 amide bonds. The molecule has 21 heavy (non-hydrogen) atoms. The van der Waals surface area contributed by atoms with Crippen molar-refractivity contribution in [3.8, 4) is 5.75 Å². The zero-order chi connectivity index (χ0) is 15.8. The van der Waals surface area contributed by atoms with Gasteiger partial charge in [0.05, 0.1) is 7.11 Å². The third-order valence-electron chi connectivity index (χ3n) is 2.68. The summed E-state index contributed by atoms with van der Waals surface area (Å²) in [6.07, 6.45) is -0.108. The Kier molecular flexibility index (Phi) is 6.19. The minimum atomic E-state index is -1.12. The second-order valence-electron chi connectivity index (χ2n) is 4.41. The fourth-order valence-electron chi connectivity index (χ4n) is 1.53. The van der Waals surface area contributed by atoms with Crippen LogP contribution in [0, 0.1) is 0 Å². The summed E-state index contributed by atoms with van der Waals surface area (Å²) in [5.74, 6) is -1.32. The van der Waals surface area contributed by atoms with E-state index in [0.29, 0.717) is 11.4 Å². The molecule has 1 unspecified atom stereocenters. The van der Waals surface area contributed by atoms with Gasteiger partial charge in [0.15, 0.2) is 0 Å². The number of hydrogen-bond acceptors (Lipinski definition) is 4. The molecule has 1 rings (SSSR count). The van der Waals surface area contributed by atoms with E-state index in [1.807, 2.05) is 0 Å². The van der Waals surface area contributed by atoms with Crippen molar-refractivity contribution in [2.24, 2.45) is 0 Å². The van der Waals surface area contributed by atoms with Crippen molar-refractivity contribution < 1.29 is 24.2 Å². The number of aliphatic carboxylic acids is 1. The van der Waals surface area contributed by atoms with Gasteiger partial charge >= 0.3 is 5.97 Å². The summed E-state index contributed by atoms with van der Waals surface area (Å²) in [5, 5.41) is 13.6. The first kappa shape index (κ1) is 16.5. The third-order valence-corrected chi connectivity index (χ3v) is 2.68. The number of carbonyl (C=O) groups is 3. The van der Waals surface area contributed by atoms with E-state index < -0.39 is 17.9 Å². The van der Waals surface area contributed by atoms with Gasteiger partial charge in [0.1, 0.15) is 11.8 Å². The number of nitrogens with one attached hydrogen (secondary N) is 2. The smallest absolute Gasteiger partial charge is 0.325 e. The van der Waals surface area contributed by atoms with E-state index in [2.05, 4.69) is 10.6 Å². The topological polar surface area (TPSA) is 105 Å². The van der Waals surface area contributed by atoms with E-state index in [9.17, 15) is 14.4 Å². The Morgan fingerprint density at radius 1 is 1.24 bits per heavy atom. The normalized spacial score (nSPS) is 11.3. The number of carboxylic acid groups (broad SMARTS) is 1. The minimum absolute atomic E-state index is 0.0324. The lowest BCUT2D eigenvalue weighted by atomic mass is 10.2. The Morgan fingerprint density at radius 2 is 1.90 bits per heavy atom. The lowest BCUT2D eigenvalue weighted by Gasteiger charge is -2.09. The van der Waals surface area contributed by atoms with Crippen LogP contribution in [0.4, 0.5) is 5.69 Å². The van der Waals surface area contributed by atoms with Gasteiger partial charge < -0.3 is 20.5 Å². The average Bonchev–Trinajstić information content (AvgIpc) is 2.45. The van der Waals surface area contributed by atoms with E-state index >= 15 is 0 Å². The molecule has 0 aliphatic carbocycles. The highest BCUT2D eigenvalue weighted by molar-refractivity contribution is 5.93. The van der Waals surface area contributed by atoms with Crippen LogP contribution in [0.3, 0.4) is 0 Å². The first-order chi connectivity index (χ1) is 9.92. The number of methoxy groups -OCH3 is 1. The molecule has 0 spiro atoms.